The van der Waals surface area contributed by atoms with E-state index < -0.39 is 11.9 Å². The normalized spacial score (nSPS) is 9.82. The van der Waals surface area contributed by atoms with Crippen LogP contribution < -0.4 is 4.74 Å². The summed E-state index contributed by atoms with van der Waals surface area (Å²) in [6.07, 6.45) is 0. The average Bonchev–Trinajstić information content (AvgIpc) is 2.43. The van der Waals surface area contributed by atoms with Gasteiger partial charge in [0, 0.05) is 11.0 Å². The van der Waals surface area contributed by atoms with E-state index >= 15 is 0 Å². The van der Waals surface area contributed by atoms with Crippen molar-refractivity contribution in [1.82, 2.24) is 4.90 Å². The highest BCUT2D eigenvalue weighted by Gasteiger charge is 2.04. The van der Waals surface area contributed by atoms with Crippen LogP contribution in [-0.4, -0.2) is 67.5 Å². The molecule has 0 heterocycles. The predicted octanol–water partition coefficient (Wildman–Crippen LogP) is 1.56. The van der Waals surface area contributed by atoms with Crippen LogP contribution >= 0.6 is 15.9 Å². The Morgan fingerprint density at radius 2 is 1.77 bits per heavy atom. The van der Waals surface area contributed by atoms with Crippen molar-refractivity contribution in [3.63, 3.8) is 0 Å². The Bertz CT molecular complexity index is 454. The lowest BCUT2D eigenvalue weighted by Crippen LogP contribution is -2.19. The van der Waals surface area contributed by atoms with E-state index in [1.54, 1.807) is 0 Å². The first-order chi connectivity index (χ1) is 10.3. The molecule has 0 amide bonds. The number of aliphatic carboxylic acids is 2. The number of hydrogen-bond acceptors (Lipinski definition) is 5. The Kier molecular flexibility index (Phi) is 11.1. The molecule has 2 N–H and O–H groups in total. The van der Waals surface area contributed by atoms with Gasteiger partial charge >= 0.3 is 11.9 Å². The highest BCUT2D eigenvalue weighted by Crippen LogP contribution is 2.17. The maximum Gasteiger partial charge on any atom is 0.414 e. The molecule has 22 heavy (non-hydrogen) atoms. The van der Waals surface area contributed by atoms with Crippen LogP contribution in [0, 0.1) is 0 Å². The number of nitrogens with zero attached hydrogens (tertiary/aromatic N) is 1. The van der Waals surface area contributed by atoms with Crippen molar-refractivity contribution in [2.24, 2.45) is 0 Å². The lowest BCUT2D eigenvalue weighted by Gasteiger charge is -2.10. The first-order valence-corrected chi connectivity index (χ1v) is 7.19. The lowest BCUT2D eigenvalue weighted by molar-refractivity contribution is -0.159. The van der Waals surface area contributed by atoms with E-state index in [0.29, 0.717) is 13.2 Å². The molecule has 0 spiro atoms. The minimum atomic E-state index is -1.82. The Morgan fingerprint density at radius 3 is 2.27 bits per heavy atom. The van der Waals surface area contributed by atoms with Crippen molar-refractivity contribution in [2.75, 3.05) is 40.5 Å². The standard InChI is InChI=1S/C12H18BrNO2.C2H2O4/c1-14(2)6-7-15-8-9-16-12-5-3-4-11(13)10-12;3-1(4)2(5)6/h3-5,10H,6-9H2,1-2H3;(H,3,4)(H,5,6). The number of carboxylic acids is 2. The number of benzene rings is 1. The smallest absolute Gasteiger partial charge is 0.414 e. The van der Waals surface area contributed by atoms with Crippen LogP contribution in [0.2, 0.25) is 0 Å². The molecule has 0 saturated carbocycles. The fourth-order valence-electron chi connectivity index (χ4n) is 1.12. The van der Waals surface area contributed by atoms with Crippen molar-refractivity contribution in [1.29, 1.82) is 0 Å². The summed E-state index contributed by atoms with van der Waals surface area (Å²) in [7, 11) is 4.06. The van der Waals surface area contributed by atoms with E-state index in [2.05, 4.69) is 20.8 Å². The quantitative estimate of drug-likeness (QED) is 0.549. The highest BCUT2D eigenvalue weighted by molar-refractivity contribution is 9.10. The summed E-state index contributed by atoms with van der Waals surface area (Å²) in [5, 5.41) is 14.8. The van der Waals surface area contributed by atoms with E-state index in [1.807, 2.05) is 38.4 Å². The summed E-state index contributed by atoms with van der Waals surface area (Å²) in [6, 6.07) is 7.80. The van der Waals surface area contributed by atoms with Crippen LogP contribution in [-0.2, 0) is 14.3 Å². The second-order valence-electron chi connectivity index (χ2n) is 4.33. The Hall–Kier alpha value is -1.64. The molecule has 1 aromatic carbocycles. The third-order valence-corrected chi connectivity index (χ3v) is 2.65. The molecule has 0 fully saturated rings. The van der Waals surface area contributed by atoms with Gasteiger partial charge in [-0.15, -0.1) is 0 Å². The summed E-state index contributed by atoms with van der Waals surface area (Å²) in [5.74, 6) is -2.78. The van der Waals surface area contributed by atoms with Gasteiger partial charge in [0.15, 0.2) is 0 Å². The molecule has 0 aliphatic rings. The van der Waals surface area contributed by atoms with Crippen LogP contribution in [0.5, 0.6) is 5.75 Å². The molecule has 1 rings (SSSR count). The Morgan fingerprint density at radius 1 is 1.14 bits per heavy atom. The van der Waals surface area contributed by atoms with E-state index in [9.17, 15) is 0 Å². The summed E-state index contributed by atoms with van der Waals surface area (Å²) >= 11 is 3.40. The van der Waals surface area contributed by atoms with Crippen molar-refractivity contribution in [3.8, 4) is 5.75 Å². The van der Waals surface area contributed by atoms with Gasteiger partial charge in [0.05, 0.1) is 13.2 Å². The average molecular weight is 378 g/mol. The number of ether oxygens (including phenoxy) is 2. The molecule has 1 aromatic rings. The van der Waals surface area contributed by atoms with Gasteiger partial charge in [0.25, 0.3) is 0 Å². The van der Waals surface area contributed by atoms with Gasteiger partial charge in [-0.2, -0.15) is 0 Å². The van der Waals surface area contributed by atoms with Crippen LogP contribution in [0.25, 0.3) is 0 Å². The minimum absolute atomic E-state index is 0.587. The van der Waals surface area contributed by atoms with Crippen molar-refractivity contribution < 1.29 is 29.3 Å². The fourth-order valence-corrected chi connectivity index (χ4v) is 1.50. The van der Waals surface area contributed by atoms with E-state index in [4.69, 9.17) is 29.3 Å². The zero-order valence-corrected chi connectivity index (χ0v) is 14.1. The third kappa shape index (κ3) is 12.1. The van der Waals surface area contributed by atoms with Crippen LogP contribution in [0.15, 0.2) is 28.7 Å². The van der Waals surface area contributed by atoms with E-state index in [1.165, 1.54) is 0 Å². The third-order valence-electron chi connectivity index (χ3n) is 2.16. The van der Waals surface area contributed by atoms with Gasteiger partial charge in [-0.05, 0) is 32.3 Å². The predicted molar refractivity (Wildman–Crippen MR) is 84.3 cm³/mol. The number of carbonyl (C=O) groups is 2. The molecule has 0 unspecified atom stereocenters. The molecule has 0 radical (unpaired) electrons. The largest absolute Gasteiger partial charge is 0.491 e. The summed E-state index contributed by atoms with van der Waals surface area (Å²) in [6.45, 7) is 2.90. The SMILES string of the molecule is CN(C)CCOCCOc1cccc(Br)c1.O=C(O)C(=O)O. The highest BCUT2D eigenvalue weighted by atomic mass is 79.9. The number of hydrogen-bond donors (Lipinski definition) is 2. The van der Waals surface area contributed by atoms with Crippen LogP contribution in [0.3, 0.4) is 0 Å². The molecule has 0 saturated heterocycles. The molecule has 0 atom stereocenters. The summed E-state index contributed by atoms with van der Waals surface area (Å²) in [5.41, 5.74) is 0. The van der Waals surface area contributed by atoms with Crippen LogP contribution in [0.4, 0.5) is 0 Å². The Labute approximate surface area is 137 Å². The van der Waals surface area contributed by atoms with E-state index in [0.717, 1.165) is 23.4 Å². The van der Waals surface area contributed by atoms with Crippen LogP contribution in [0.1, 0.15) is 0 Å². The van der Waals surface area contributed by atoms with Crippen molar-refractivity contribution in [3.05, 3.63) is 28.7 Å². The first-order valence-electron chi connectivity index (χ1n) is 6.40. The topological polar surface area (TPSA) is 96.3 Å². The van der Waals surface area contributed by atoms with Gasteiger partial charge in [0.2, 0.25) is 0 Å². The molecular formula is C14H20BrNO6. The minimum Gasteiger partial charge on any atom is -0.491 e. The second-order valence-corrected chi connectivity index (χ2v) is 5.25. The zero-order valence-electron chi connectivity index (χ0n) is 12.5. The van der Waals surface area contributed by atoms with Gasteiger partial charge in [0.1, 0.15) is 12.4 Å². The van der Waals surface area contributed by atoms with Crippen molar-refractivity contribution in [2.45, 2.75) is 0 Å². The van der Waals surface area contributed by atoms with Crippen molar-refractivity contribution >= 4 is 27.9 Å². The monoisotopic (exact) mass is 377 g/mol. The maximum atomic E-state index is 9.10. The molecular weight excluding hydrogens is 358 g/mol. The van der Waals surface area contributed by atoms with Gasteiger partial charge in [-0.25, -0.2) is 9.59 Å². The molecule has 7 nitrogen and oxygen atoms in total. The molecule has 0 aromatic heterocycles. The lowest BCUT2D eigenvalue weighted by atomic mass is 10.3. The molecule has 0 aliphatic carbocycles. The Balaban J connectivity index is 0.000000626. The number of halogens is 1. The van der Waals surface area contributed by atoms with E-state index in [-0.39, 0.29) is 0 Å². The molecule has 0 aliphatic heterocycles. The summed E-state index contributed by atoms with van der Waals surface area (Å²) < 4.78 is 12.0. The fraction of sp³-hybridized carbons (Fsp3) is 0.429. The van der Waals surface area contributed by atoms with Gasteiger partial charge < -0.3 is 24.6 Å². The molecule has 0 bridgehead atoms. The maximum absolute atomic E-state index is 9.10. The molecule has 124 valence electrons. The first kappa shape index (κ1) is 20.4. The second kappa shape index (κ2) is 12.0. The number of carboxylic acid groups (broad SMARTS) is 2. The number of likely N-dealkylation sites (N-methyl/N-ethyl adjacent to an activating group) is 1. The molecule has 8 heteroatoms. The zero-order chi connectivity index (χ0) is 17.0. The van der Waals surface area contributed by atoms with Gasteiger partial charge in [-0.3, -0.25) is 0 Å². The number of rotatable bonds is 7. The van der Waals surface area contributed by atoms with Gasteiger partial charge in [-0.1, -0.05) is 22.0 Å². The summed E-state index contributed by atoms with van der Waals surface area (Å²) in [4.78, 5) is 20.3.